The zero-order valence-corrected chi connectivity index (χ0v) is 9.37. The zero-order chi connectivity index (χ0) is 11.1. The van der Waals surface area contributed by atoms with Crippen molar-refractivity contribution in [3.05, 3.63) is 0 Å². The van der Waals surface area contributed by atoms with Gasteiger partial charge in [0.1, 0.15) is 6.61 Å². The van der Waals surface area contributed by atoms with Crippen molar-refractivity contribution in [1.29, 1.82) is 0 Å². The number of rotatable bonds is 5. The number of hydrogen-bond donors (Lipinski definition) is 2. The predicted molar refractivity (Wildman–Crippen MR) is 57.5 cm³/mol. The first-order chi connectivity index (χ1) is 7.22. The van der Waals surface area contributed by atoms with E-state index in [1.165, 1.54) is 19.3 Å². The second kappa shape index (κ2) is 6.80. The Kier molecular flexibility index (Phi) is 5.65. The van der Waals surface area contributed by atoms with Crippen LogP contribution in [0.5, 0.6) is 0 Å². The highest BCUT2D eigenvalue weighted by molar-refractivity contribution is 5.77. The highest BCUT2D eigenvalue weighted by Gasteiger charge is 2.15. The quantitative estimate of drug-likeness (QED) is 0.714. The van der Waals surface area contributed by atoms with Crippen molar-refractivity contribution in [3.8, 4) is 0 Å². The van der Waals surface area contributed by atoms with Crippen molar-refractivity contribution in [2.45, 2.75) is 51.2 Å². The first kappa shape index (κ1) is 12.5. The first-order valence-electron chi connectivity index (χ1n) is 5.74. The lowest BCUT2D eigenvalue weighted by Crippen LogP contribution is -2.38. The molecule has 0 radical (unpaired) electrons. The highest BCUT2D eigenvalue weighted by atomic mass is 16.5. The Morgan fingerprint density at radius 3 is 2.73 bits per heavy atom. The van der Waals surface area contributed by atoms with Gasteiger partial charge in [0.05, 0.1) is 12.7 Å². The number of nitrogens with one attached hydrogen (secondary N) is 1. The van der Waals surface area contributed by atoms with E-state index < -0.39 is 0 Å². The minimum atomic E-state index is -0.188. The van der Waals surface area contributed by atoms with E-state index in [4.69, 9.17) is 9.84 Å². The maximum atomic E-state index is 11.3. The van der Waals surface area contributed by atoms with Crippen molar-refractivity contribution in [3.63, 3.8) is 0 Å². The molecule has 4 heteroatoms. The Bertz CT molecular complexity index is 190. The Morgan fingerprint density at radius 1 is 1.47 bits per heavy atom. The van der Waals surface area contributed by atoms with Crippen molar-refractivity contribution in [2.24, 2.45) is 0 Å². The van der Waals surface area contributed by atoms with Crippen LogP contribution in [-0.4, -0.2) is 36.4 Å². The van der Waals surface area contributed by atoms with E-state index >= 15 is 0 Å². The summed E-state index contributed by atoms with van der Waals surface area (Å²) in [4.78, 5) is 11.3. The molecule has 0 bridgehead atoms. The first-order valence-corrected chi connectivity index (χ1v) is 5.74. The van der Waals surface area contributed by atoms with E-state index in [-0.39, 0.29) is 31.3 Å². The molecule has 0 spiro atoms. The normalized spacial score (nSPS) is 19.9. The van der Waals surface area contributed by atoms with Crippen LogP contribution in [0.15, 0.2) is 0 Å². The minimum Gasteiger partial charge on any atom is -0.394 e. The van der Waals surface area contributed by atoms with Gasteiger partial charge >= 0.3 is 0 Å². The summed E-state index contributed by atoms with van der Waals surface area (Å²) >= 11 is 0. The van der Waals surface area contributed by atoms with Crippen molar-refractivity contribution in [2.75, 3.05) is 13.2 Å². The molecular weight excluding hydrogens is 194 g/mol. The van der Waals surface area contributed by atoms with Crippen molar-refractivity contribution in [1.82, 2.24) is 5.32 Å². The number of carbonyl (C=O) groups is 1. The molecule has 1 rings (SSSR count). The Balaban J connectivity index is 2.10. The zero-order valence-electron chi connectivity index (χ0n) is 9.37. The van der Waals surface area contributed by atoms with Crippen LogP contribution in [0.2, 0.25) is 0 Å². The Labute approximate surface area is 91.0 Å². The van der Waals surface area contributed by atoms with Crippen LogP contribution in [0.4, 0.5) is 0 Å². The van der Waals surface area contributed by atoms with E-state index in [2.05, 4.69) is 5.32 Å². The third-order valence-electron chi connectivity index (χ3n) is 2.68. The van der Waals surface area contributed by atoms with E-state index in [0.29, 0.717) is 0 Å². The fraction of sp³-hybridized carbons (Fsp3) is 0.909. The lowest BCUT2D eigenvalue weighted by atomic mass is 9.98. The van der Waals surface area contributed by atoms with Gasteiger partial charge in [-0.25, -0.2) is 0 Å². The van der Waals surface area contributed by atoms with Crippen LogP contribution in [0, 0.1) is 0 Å². The average molecular weight is 215 g/mol. The van der Waals surface area contributed by atoms with Gasteiger partial charge in [-0.1, -0.05) is 19.3 Å². The number of carbonyl (C=O) groups excluding carboxylic acids is 1. The van der Waals surface area contributed by atoms with Gasteiger partial charge in [0.25, 0.3) is 0 Å². The second-order valence-electron chi connectivity index (χ2n) is 4.22. The molecule has 4 nitrogen and oxygen atoms in total. The van der Waals surface area contributed by atoms with Crippen LogP contribution >= 0.6 is 0 Å². The molecule has 1 fully saturated rings. The lowest BCUT2D eigenvalue weighted by molar-refractivity contribution is -0.129. The minimum absolute atomic E-state index is 0.0326. The van der Waals surface area contributed by atoms with Gasteiger partial charge in [-0.3, -0.25) is 4.79 Å². The molecule has 0 aliphatic heterocycles. The summed E-state index contributed by atoms with van der Waals surface area (Å²) < 4.78 is 5.50. The van der Waals surface area contributed by atoms with Crippen LogP contribution < -0.4 is 5.32 Å². The van der Waals surface area contributed by atoms with Crippen LogP contribution in [0.25, 0.3) is 0 Å². The molecule has 1 unspecified atom stereocenters. The van der Waals surface area contributed by atoms with Gasteiger partial charge in [-0.2, -0.15) is 0 Å². The molecule has 2 N–H and O–H groups in total. The summed E-state index contributed by atoms with van der Waals surface area (Å²) in [7, 11) is 0. The fourth-order valence-corrected chi connectivity index (χ4v) is 1.79. The molecule has 0 aromatic carbocycles. The molecule has 0 saturated heterocycles. The third kappa shape index (κ3) is 5.14. The monoisotopic (exact) mass is 215 g/mol. The number of aliphatic hydroxyl groups excluding tert-OH is 1. The maximum absolute atomic E-state index is 11.3. The highest BCUT2D eigenvalue weighted by Crippen LogP contribution is 2.19. The summed E-state index contributed by atoms with van der Waals surface area (Å²) in [6.45, 7) is 1.85. The summed E-state index contributed by atoms with van der Waals surface area (Å²) in [5.41, 5.74) is 0. The number of ether oxygens (including phenoxy) is 1. The number of amides is 1. The maximum Gasteiger partial charge on any atom is 0.246 e. The molecule has 1 amide bonds. The molecule has 0 heterocycles. The SMILES string of the molecule is CC(CO)NC(=O)COC1CCCCC1. The fourth-order valence-electron chi connectivity index (χ4n) is 1.79. The number of aliphatic hydroxyl groups is 1. The van der Waals surface area contributed by atoms with Crippen LogP contribution in [-0.2, 0) is 9.53 Å². The molecule has 1 aliphatic carbocycles. The number of hydrogen-bond acceptors (Lipinski definition) is 3. The Hall–Kier alpha value is -0.610. The molecule has 1 saturated carbocycles. The van der Waals surface area contributed by atoms with Crippen LogP contribution in [0.1, 0.15) is 39.0 Å². The predicted octanol–water partition coefficient (Wildman–Crippen LogP) is 0.833. The summed E-state index contributed by atoms with van der Waals surface area (Å²) in [6, 6.07) is -0.188. The molecule has 15 heavy (non-hydrogen) atoms. The lowest BCUT2D eigenvalue weighted by Gasteiger charge is -2.22. The summed E-state index contributed by atoms with van der Waals surface area (Å²) in [5, 5.41) is 11.4. The molecule has 88 valence electrons. The van der Waals surface area contributed by atoms with Gasteiger partial charge in [-0.05, 0) is 19.8 Å². The van der Waals surface area contributed by atoms with Crippen molar-refractivity contribution >= 4 is 5.91 Å². The molecule has 0 aromatic rings. The average Bonchev–Trinajstić information content (AvgIpc) is 2.27. The summed E-state index contributed by atoms with van der Waals surface area (Å²) in [6.07, 6.45) is 6.10. The summed E-state index contributed by atoms with van der Waals surface area (Å²) in [5.74, 6) is -0.137. The van der Waals surface area contributed by atoms with Gasteiger partial charge < -0.3 is 15.2 Å². The Morgan fingerprint density at radius 2 is 2.13 bits per heavy atom. The van der Waals surface area contributed by atoms with Gasteiger partial charge in [-0.15, -0.1) is 0 Å². The van der Waals surface area contributed by atoms with E-state index in [1.54, 1.807) is 6.92 Å². The molecule has 0 aromatic heterocycles. The standard InChI is InChI=1S/C11H21NO3/c1-9(7-13)12-11(14)8-15-10-5-3-2-4-6-10/h9-10,13H,2-8H2,1H3,(H,12,14). The van der Waals surface area contributed by atoms with E-state index in [1.807, 2.05) is 0 Å². The van der Waals surface area contributed by atoms with E-state index in [0.717, 1.165) is 12.8 Å². The topological polar surface area (TPSA) is 58.6 Å². The third-order valence-corrected chi connectivity index (χ3v) is 2.68. The molecule has 1 aliphatic rings. The van der Waals surface area contributed by atoms with Crippen molar-refractivity contribution < 1.29 is 14.6 Å². The second-order valence-corrected chi connectivity index (χ2v) is 4.22. The van der Waals surface area contributed by atoms with Gasteiger partial charge in [0.2, 0.25) is 5.91 Å². The van der Waals surface area contributed by atoms with Gasteiger partial charge in [0.15, 0.2) is 0 Å². The molecule has 1 atom stereocenters. The van der Waals surface area contributed by atoms with E-state index in [9.17, 15) is 4.79 Å². The van der Waals surface area contributed by atoms with Gasteiger partial charge in [0, 0.05) is 6.04 Å². The molecular formula is C11H21NO3. The van der Waals surface area contributed by atoms with Crippen LogP contribution in [0.3, 0.4) is 0 Å². The smallest absolute Gasteiger partial charge is 0.246 e. The largest absolute Gasteiger partial charge is 0.394 e.